The molecule has 0 aliphatic carbocycles. The van der Waals surface area contributed by atoms with E-state index in [4.69, 9.17) is 0 Å². The van der Waals surface area contributed by atoms with E-state index < -0.39 is 0 Å². The summed E-state index contributed by atoms with van der Waals surface area (Å²) >= 11 is 0. The van der Waals surface area contributed by atoms with Crippen LogP contribution in [0.4, 0.5) is 11.5 Å². The average Bonchev–Trinajstić information content (AvgIpc) is 2.57. The fourth-order valence-corrected chi connectivity index (χ4v) is 2.88. The monoisotopic (exact) mass is 289 g/mol. The molecule has 2 aliphatic heterocycles. The first-order valence-corrected chi connectivity index (χ1v) is 7.76. The van der Waals surface area contributed by atoms with Crippen LogP contribution in [0.3, 0.4) is 0 Å². The second-order valence-corrected chi connectivity index (χ2v) is 5.65. The van der Waals surface area contributed by atoms with Crippen molar-refractivity contribution < 1.29 is 4.79 Å². The van der Waals surface area contributed by atoms with Crippen LogP contribution in [-0.4, -0.2) is 50.2 Å². The number of piperazine rings is 1. The molecule has 3 rings (SSSR count). The van der Waals surface area contributed by atoms with Gasteiger partial charge in [0.25, 0.3) is 0 Å². The van der Waals surface area contributed by atoms with Crippen LogP contribution in [0.25, 0.3) is 0 Å². The highest BCUT2D eigenvalue weighted by Gasteiger charge is 2.21. The van der Waals surface area contributed by atoms with Gasteiger partial charge in [0.1, 0.15) is 5.82 Å². The molecule has 2 fully saturated rings. The predicted octanol–water partition coefficient (Wildman–Crippen LogP) is 0.429. The van der Waals surface area contributed by atoms with Gasteiger partial charge in [-0.15, -0.1) is 0 Å². The van der Waals surface area contributed by atoms with E-state index in [1.807, 2.05) is 18.3 Å². The first-order chi connectivity index (χ1) is 10.3. The van der Waals surface area contributed by atoms with E-state index in [9.17, 15) is 4.79 Å². The van der Waals surface area contributed by atoms with E-state index in [0.29, 0.717) is 5.82 Å². The lowest BCUT2D eigenvalue weighted by atomic mass is 9.97. The molecule has 0 unspecified atom stereocenters. The molecule has 1 aromatic heterocycles. The van der Waals surface area contributed by atoms with Gasteiger partial charge in [-0.2, -0.15) is 0 Å². The Morgan fingerprint density at radius 1 is 1.14 bits per heavy atom. The average molecular weight is 289 g/mol. The summed E-state index contributed by atoms with van der Waals surface area (Å²) < 4.78 is 0. The highest BCUT2D eigenvalue weighted by molar-refractivity contribution is 5.91. The van der Waals surface area contributed by atoms with E-state index in [1.165, 1.54) is 0 Å². The summed E-state index contributed by atoms with van der Waals surface area (Å²) in [5, 5.41) is 9.54. The third-order valence-electron chi connectivity index (χ3n) is 4.19. The summed E-state index contributed by atoms with van der Waals surface area (Å²) in [7, 11) is 0. The second-order valence-electron chi connectivity index (χ2n) is 5.65. The van der Waals surface area contributed by atoms with Crippen LogP contribution in [0.5, 0.6) is 0 Å². The maximum Gasteiger partial charge on any atom is 0.228 e. The molecule has 21 heavy (non-hydrogen) atoms. The highest BCUT2D eigenvalue weighted by atomic mass is 16.1. The van der Waals surface area contributed by atoms with Gasteiger partial charge in [0, 0.05) is 32.1 Å². The highest BCUT2D eigenvalue weighted by Crippen LogP contribution is 2.18. The number of hydrogen-bond donors (Lipinski definition) is 3. The van der Waals surface area contributed by atoms with E-state index in [2.05, 4.69) is 25.8 Å². The van der Waals surface area contributed by atoms with Gasteiger partial charge in [0.2, 0.25) is 5.91 Å². The molecule has 0 radical (unpaired) electrons. The fraction of sp³-hybridized carbons (Fsp3) is 0.600. The Bertz CT molecular complexity index is 463. The lowest BCUT2D eigenvalue weighted by molar-refractivity contribution is -0.120. The van der Waals surface area contributed by atoms with Crippen LogP contribution in [0.1, 0.15) is 12.8 Å². The smallest absolute Gasteiger partial charge is 0.228 e. The SMILES string of the molecule is O=C(Nc1ccc(N2CCNCC2)cn1)C1CCNCC1. The van der Waals surface area contributed by atoms with Crippen LogP contribution in [0.2, 0.25) is 0 Å². The quantitative estimate of drug-likeness (QED) is 0.753. The minimum Gasteiger partial charge on any atom is -0.368 e. The molecular formula is C15H23N5O. The Hall–Kier alpha value is -1.66. The number of carbonyl (C=O) groups is 1. The second kappa shape index (κ2) is 6.87. The van der Waals surface area contributed by atoms with E-state index in [1.54, 1.807) is 0 Å². The summed E-state index contributed by atoms with van der Waals surface area (Å²) in [4.78, 5) is 18.8. The zero-order valence-corrected chi connectivity index (χ0v) is 12.3. The van der Waals surface area contributed by atoms with Crippen molar-refractivity contribution in [3.8, 4) is 0 Å². The van der Waals surface area contributed by atoms with Crippen molar-refractivity contribution in [3.05, 3.63) is 18.3 Å². The van der Waals surface area contributed by atoms with E-state index >= 15 is 0 Å². The van der Waals surface area contributed by atoms with Crippen LogP contribution >= 0.6 is 0 Å². The molecule has 6 nitrogen and oxygen atoms in total. The predicted molar refractivity (Wildman–Crippen MR) is 83.5 cm³/mol. The first kappa shape index (κ1) is 14.3. The molecule has 0 saturated carbocycles. The Morgan fingerprint density at radius 2 is 1.86 bits per heavy atom. The molecular weight excluding hydrogens is 266 g/mol. The summed E-state index contributed by atoms with van der Waals surface area (Å²) in [6, 6.07) is 3.94. The summed E-state index contributed by atoms with van der Waals surface area (Å²) in [5.74, 6) is 0.859. The zero-order chi connectivity index (χ0) is 14.5. The zero-order valence-electron chi connectivity index (χ0n) is 12.3. The Labute approximate surface area is 125 Å². The molecule has 2 aliphatic rings. The Balaban J connectivity index is 1.57. The standard InChI is InChI=1S/C15H23N5O/c21-15(12-3-5-16-6-4-12)19-14-2-1-13(11-18-14)20-9-7-17-8-10-20/h1-2,11-12,16-17H,3-10H2,(H,18,19,21). The maximum atomic E-state index is 12.2. The van der Waals surface area contributed by atoms with Gasteiger partial charge in [0.15, 0.2) is 0 Å². The van der Waals surface area contributed by atoms with Crippen LogP contribution in [0.15, 0.2) is 18.3 Å². The molecule has 3 heterocycles. The van der Waals surface area contributed by atoms with Gasteiger partial charge in [-0.05, 0) is 38.1 Å². The van der Waals surface area contributed by atoms with E-state index in [0.717, 1.165) is 57.8 Å². The summed E-state index contributed by atoms with van der Waals surface area (Å²) in [6.45, 7) is 5.87. The number of rotatable bonds is 3. The maximum absolute atomic E-state index is 12.2. The van der Waals surface area contributed by atoms with Gasteiger partial charge in [0.05, 0.1) is 11.9 Å². The number of piperidine rings is 1. The van der Waals surface area contributed by atoms with Crippen molar-refractivity contribution in [1.29, 1.82) is 0 Å². The lowest BCUT2D eigenvalue weighted by Gasteiger charge is -2.29. The largest absolute Gasteiger partial charge is 0.368 e. The van der Waals surface area contributed by atoms with Gasteiger partial charge < -0.3 is 20.9 Å². The third-order valence-corrected chi connectivity index (χ3v) is 4.19. The molecule has 114 valence electrons. The summed E-state index contributed by atoms with van der Waals surface area (Å²) in [6.07, 6.45) is 3.67. The van der Waals surface area contributed by atoms with Gasteiger partial charge in [-0.1, -0.05) is 0 Å². The van der Waals surface area contributed by atoms with Crippen molar-refractivity contribution in [2.75, 3.05) is 49.5 Å². The molecule has 1 amide bonds. The minimum atomic E-state index is 0.0962. The lowest BCUT2D eigenvalue weighted by Crippen LogP contribution is -2.43. The number of pyridine rings is 1. The molecule has 0 atom stereocenters. The Kier molecular flexibility index (Phi) is 4.67. The van der Waals surface area contributed by atoms with Crippen LogP contribution in [-0.2, 0) is 4.79 Å². The molecule has 0 bridgehead atoms. The number of nitrogens with one attached hydrogen (secondary N) is 3. The summed E-state index contributed by atoms with van der Waals surface area (Å²) in [5.41, 5.74) is 1.12. The Morgan fingerprint density at radius 3 is 2.52 bits per heavy atom. The number of nitrogens with zero attached hydrogens (tertiary/aromatic N) is 2. The van der Waals surface area contributed by atoms with Crippen LogP contribution in [0, 0.1) is 5.92 Å². The number of anilines is 2. The van der Waals surface area contributed by atoms with Crippen molar-refractivity contribution in [1.82, 2.24) is 15.6 Å². The van der Waals surface area contributed by atoms with Crippen molar-refractivity contribution in [3.63, 3.8) is 0 Å². The van der Waals surface area contributed by atoms with Crippen molar-refractivity contribution >= 4 is 17.4 Å². The van der Waals surface area contributed by atoms with Gasteiger partial charge >= 0.3 is 0 Å². The van der Waals surface area contributed by atoms with Crippen LogP contribution < -0.4 is 20.9 Å². The number of hydrogen-bond acceptors (Lipinski definition) is 5. The number of amides is 1. The molecule has 3 N–H and O–H groups in total. The molecule has 0 aromatic carbocycles. The molecule has 2 saturated heterocycles. The van der Waals surface area contributed by atoms with E-state index in [-0.39, 0.29) is 11.8 Å². The van der Waals surface area contributed by atoms with Crippen molar-refractivity contribution in [2.24, 2.45) is 5.92 Å². The number of carbonyl (C=O) groups excluding carboxylic acids is 1. The molecule has 0 spiro atoms. The number of aromatic nitrogens is 1. The first-order valence-electron chi connectivity index (χ1n) is 7.76. The normalized spacial score (nSPS) is 20.3. The minimum absolute atomic E-state index is 0.0962. The fourth-order valence-electron chi connectivity index (χ4n) is 2.88. The van der Waals surface area contributed by atoms with Gasteiger partial charge in [-0.25, -0.2) is 4.98 Å². The van der Waals surface area contributed by atoms with Crippen molar-refractivity contribution in [2.45, 2.75) is 12.8 Å². The molecule has 6 heteroatoms. The third kappa shape index (κ3) is 3.71. The van der Waals surface area contributed by atoms with Gasteiger partial charge in [-0.3, -0.25) is 4.79 Å². The molecule has 1 aromatic rings. The topological polar surface area (TPSA) is 69.3 Å².